The molecule has 4 rings (SSSR count). The molecular formula is C40H55Cl2N2P. The number of benzene rings is 3. The van der Waals surface area contributed by atoms with E-state index in [1.165, 1.54) is 94.1 Å². The van der Waals surface area contributed by atoms with E-state index in [0.29, 0.717) is 0 Å². The summed E-state index contributed by atoms with van der Waals surface area (Å²) >= 11 is 13.2. The van der Waals surface area contributed by atoms with Crippen LogP contribution in [0.2, 0.25) is 0 Å². The Balaban J connectivity index is 2.17. The Morgan fingerprint density at radius 1 is 0.733 bits per heavy atom. The number of rotatable bonds is 13. The minimum atomic E-state index is -1.81. The maximum atomic E-state index is 6.61. The standard InChI is InChI=1S/C40H55Cl2N2P/c1-9-11-22-45(23-12-10-2,28-35-16-14-13-15-17-35)36(18-19-37(41)42)40-43(38-31(5)24-29(3)25-32(38)6)20-21-44(40)39-33(7)26-30(4)27-34(39)8/h13-17,24-28,37H,9-12,18-23H2,1-8H3. The second-order valence-corrected chi connectivity index (χ2v) is 18.3. The van der Waals surface area contributed by atoms with Gasteiger partial charge in [-0.15, -0.1) is 23.2 Å². The van der Waals surface area contributed by atoms with E-state index in [4.69, 9.17) is 23.2 Å². The molecule has 1 aliphatic rings. The molecule has 3 aromatic carbocycles. The van der Waals surface area contributed by atoms with Crippen LogP contribution >= 0.6 is 30.1 Å². The minimum absolute atomic E-state index is 0.398. The van der Waals surface area contributed by atoms with Crippen molar-refractivity contribution in [2.24, 2.45) is 0 Å². The lowest BCUT2D eigenvalue weighted by Gasteiger charge is -2.38. The number of halogens is 2. The molecule has 0 bridgehead atoms. The fourth-order valence-electron chi connectivity index (χ4n) is 7.57. The SMILES string of the molecule is CCCCP(=Cc1ccccc1)(CCCC)C(CCC(Cl)Cl)=C1N(c2c(C)cc(C)cc2C)CCN1c1c(C)cc(C)cc1C. The quantitative estimate of drug-likeness (QED) is 0.132. The van der Waals surface area contributed by atoms with E-state index >= 15 is 0 Å². The summed E-state index contributed by atoms with van der Waals surface area (Å²) in [5.41, 5.74) is 12.1. The highest BCUT2D eigenvalue weighted by Crippen LogP contribution is 2.61. The van der Waals surface area contributed by atoms with Gasteiger partial charge in [-0.2, -0.15) is 0 Å². The van der Waals surface area contributed by atoms with Gasteiger partial charge in [0.05, 0.1) is 0 Å². The molecule has 3 aromatic rings. The zero-order valence-electron chi connectivity index (χ0n) is 29.0. The molecule has 0 spiro atoms. The van der Waals surface area contributed by atoms with Gasteiger partial charge in [-0.25, -0.2) is 0 Å². The third kappa shape index (κ3) is 8.43. The third-order valence-corrected chi connectivity index (χ3v) is 14.2. The summed E-state index contributed by atoms with van der Waals surface area (Å²) in [5.74, 6) is 4.11. The third-order valence-electron chi connectivity index (χ3n) is 9.28. The Morgan fingerprint density at radius 2 is 1.18 bits per heavy atom. The number of allylic oxidation sites excluding steroid dienone is 1. The number of unbranched alkanes of at least 4 members (excludes halogenated alkanes) is 2. The first-order valence-corrected chi connectivity index (χ1v) is 20.1. The summed E-state index contributed by atoms with van der Waals surface area (Å²) in [7, 11) is 0. The molecular weight excluding hydrogens is 610 g/mol. The topological polar surface area (TPSA) is 6.48 Å². The summed E-state index contributed by atoms with van der Waals surface area (Å²) in [6, 6.07) is 20.5. The number of anilines is 2. The predicted octanol–water partition coefficient (Wildman–Crippen LogP) is 12.1. The minimum Gasteiger partial charge on any atom is -0.325 e. The molecule has 1 aliphatic heterocycles. The fraction of sp³-hybridized carbons (Fsp3) is 0.475. The Hall–Kier alpha value is -2.12. The Labute approximate surface area is 284 Å². The maximum absolute atomic E-state index is 6.61. The normalized spacial score (nSPS) is 13.7. The largest absolute Gasteiger partial charge is 0.325 e. The molecule has 45 heavy (non-hydrogen) atoms. The zero-order valence-corrected chi connectivity index (χ0v) is 31.4. The average Bonchev–Trinajstić information content (AvgIpc) is 3.37. The second-order valence-electron chi connectivity index (χ2n) is 13.2. The summed E-state index contributed by atoms with van der Waals surface area (Å²) in [4.78, 5) is 4.97. The molecule has 0 atom stereocenters. The van der Waals surface area contributed by atoms with E-state index in [0.717, 1.165) is 25.9 Å². The van der Waals surface area contributed by atoms with Crippen LogP contribution in [0.3, 0.4) is 0 Å². The van der Waals surface area contributed by atoms with Crippen molar-refractivity contribution in [2.45, 2.75) is 98.8 Å². The molecule has 0 aromatic heterocycles. The van der Waals surface area contributed by atoms with Crippen molar-refractivity contribution in [1.82, 2.24) is 0 Å². The van der Waals surface area contributed by atoms with Gasteiger partial charge in [-0.05, 0) is 113 Å². The van der Waals surface area contributed by atoms with Gasteiger partial charge in [0.2, 0.25) is 0 Å². The van der Waals surface area contributed by atoms with Crippen LogP contribution in [0.1, 0.15) is 91.3 Å². The summed E-state index contributed by atoms with van der Waals surface area (Å²) in [6.07, 6.45) is 8.89. The van der Waals surface area contributed by atoms with Crippen LogP contribution < -0.4 is 9.80 Å². The molecule has 0 unspecified atom stereocenters. The molecule has 1 saturated heterocycles. The Kier molecular flexibility index (Phi) is 12.8. The first-order valence-electron chi connectivity index (χ1n) is 17.0. The molecule has 5 heteroatoms. The summed E-state index contributed by atoms with van der Waals surface area (Å²) in [5, 5.41) is 1.59. The summed E-state index contributed by atoms with van der Waals surface area (Å²) < 4.78 is 0. The molecule has 0 saturated carbocycles. The molecule has 0 N–H and O–H groups in total. The highest BCUT2D eigenvalue weighted by Gasteiger charge is 2.37. The van der Waals surface area contributed by atoms with Gasteiger partial charge >= 0.3 is 0 Å². The predicted molar refractivity (Wildman–Crippen MR) is 206 cm³/mol. The number of alkyl halides is 2. The lowest BCUT2D eigenvalue weighted by molar-refractivity contribution is 0.851. The second kappa shape index (κ2) is 16.1. The van der Waals surface area contributed by atoms with Crippen molar-refractivity contribution in [3.8, 4) is 0 Å². The Morgan fingerprint density at radius 3 is 1.58 bits per heavy atom. The molecule has 244 valence electrons. The van der Waals surface area contributed by atoms with Crippen LogP contribution in [0.25, 0.3) is 0 Å². The maximum Gasteiger partial charge on any atom is 0.117 e. The Bertz CT molecular complexity index is 1410. The van der Waals surface area contributed by atoms with E-state index in [1.807, 2.05) is 0 Å². The highest BCUT2D eigenvalue weighted by atomic mass is 35.5. The molecule has 0 radical (unpaired) electrons. The molecule has 0 aliphatic carbocycles. The lowest BCUT2D eigenvalue weighted by Crippen LogP contribution is -2.28. The average molecular weight is 666 g/mol. The van der Waals surface area contributed by atoms with E-state index in [-0.39, 0.29) is 0 Å². The first kappa shape index (κ1) is 35.7. The van der Waals surface area contributed by atoms with Crippen LogP contribution in [-0.2, 0) is 0 Å². The highest BCUT2D eigenvalue weighted by molar-refractivity contribution is 7.79. The van der Waals surface area contributed by atoms with Gasteiger partial charge in [0.1, 0.15) is 10.7 Å². The van der Waals surface area contributed by atoms with Gasteiger partial charge in [-0.3, -0.25) is 0 Å². The lowest BCUT2D eigenvalue weighted by atomic mass is 10.0. The van der Waals surface area contributed by atoms with Gasteiger partial charge in [0.25, 0.3) is 0 Å². The van der Waals surface area contributed by atoms with Crippen LogP contribution in [0, 0.1) is 41.5 Å². The summed E-state index contributed by atoms with van der Waals surface area (Å²) in [6.45, 7) is 18.4. The molecule has 1 fully saturated rings. The first-order chi connectivity index (χ1) is 21.5. The van der Waals surface area contributed by atoms with Crippen molar-refractivity contribution in [3.63, 3.8) is 0 Å². The molecule has 0 amide bonds. The van der Waals surface area contributed by atoms with E-state index < -0.39 is 11.7 Å². The van der Waals surface area contributed by atoms with Crippen molar-refractivity contribution in [2.75, 3.05) is 35.2 Å². The van der Waals surface area contributed by atoms with Crippen LogP contribution in [0.15, 0.2) is 65.7 Å². The smallest absolute Gasteiger partial charge is 0.117 e. The van der Waals surface area contributed by atoms with E-state index in [9.17, 15) is 0 Å². The van der Waals surface area contributed by atoms with Gasteiger partial charge < -0.3 is 9.80 Å². The monoisotopic (exact) mass is 664 g/mol. The van der Waals surface area contributed by atoms with Gasteiger partial charge in [0, 0.05) is 24.5 Å². The zero-order chi connectivity index (χ0) is 32.7. The van der Waals surface area contributed by atoms with Crippen molar-refractivity contribution in [3.05, 3.63) is 105 Å². The van der Waals surface area contributed by atoms with Crippen LogP contribution in [0.5, 0.6) is 0 Å². The van der Waals surface area contributed by atoms with Crippen LogP contribution in [0.4, 0.5) is 11.4 Å². The fourth-order valence-corrected chi connectivity index (χ4v) is 12.7. The number of nitrogens with zero attached hydrogens (tertiary/aromatic N) is 2. The molecule has 1 heterocycles. The number of hydrogen-bond acceptors (Lipinski definition) is 2. The number of hydrogen-bond donors (Lipinski definition) is 0. The van der Waals surface area contributed by atoms with Gasteiger partial charge in [0.15, 0.2) is 0 Å². The molecule has 2 nitrogen and oxygen atoms in total. The van der Waals surface area contributed by atoms with E-state index in [1.54, 1.807) is 5.31 Å². The van der Waals surface area contributed by atoms with E-state index in [2.05, 4.69) is 126 Å². The van der Waals surface area contributed by atoms with Crippen molar-refractivity contribution < 1.29 is 0 Å². The van der Waals surface area contributed by atoms with Crippen LogP contribution in [-0.4, -0.2) is 36.0 Å². The number of aryl methyl sites for hydroxylation is 6. The van der Waals surface area contributed by atoms with Crippen molar-refractivity contribution in [1.29, 1.82) is 0 Å². The van der Waals surface area contributed by atoms with Crippen molar-refractivity contribution >= 4 is 47.3 Å². The van der Waals surface area contributed by atoms with Gasteiger partial charge in [-0.1, -0.05) is 105 Å².